The van der Waals surface area contributed by atoms with Crippen molar-refractivity contribution in [2.75, 3.05) is 13.1 Å². The Bertz CT molecular complexity index is 743. The highest BCUT2D eigenvalue weighted by Crippen LogP contribution is 2.27. The van der Waals surface area contributed by atoms with Gasteiger partial charge in [-0.3, -0.25) is 0 Å². The molecule has 0 amide bonds. The molecule has 124 valence electrons. The Morgan fingerprint density at radius 1 is 1.17 bits per heavy atom. The lowest BCUT2D eigenvalue weighted by Gasteiger charge is -2.31. The van der Waals surface area contributed by atoms with E-state index in [2.05, 4.69) is 5.16 Å². The summed E-state index contributed by atoms with van der Waals surface area (Å²) in [6.07, 6.45) is 1.36. The van der Waals surface area contributed by atoms with Gasteiger partial charge in [-0.05, 0) is 38.8 Å². The molecule has 0 spiro atoms. The number of ether oxygens (including phenoxy) is 1. The molecule has 0 unspecified atom stereocenters. The predicted molar refractivity (Wildman–Crippen MR) is 84.8 cm³/mol. The quantitative estimate of drug-likeness (QED) is 0.858. The van der Waals surface area contributed by atoms with E-state index in [9.17, 15) is 8.42 Å². The van der Waals surface area contributed by atoms with Crippen LogP contribution < -0.4 is 4.74 Å². The van der Waals surface area contributed by atoms with E-state index in [1.165, 1.54) is 4.31 Å². The van der Waals surface area contributed by atoms with E-state index < -0.39 is 10.0 Å². The van der Waals surface area contributed by atoms with Gasteiger partial charge in [0, 0.05) is 13.1 Å². The maximum atomic E-state index is 12.7. The largest absolute Gasteiger partial charge is 0.490 e. The Kier molecular flexibility index (Phi) is 4.41. The Labute approximate surface area is 136 Å². The van der Waals surface area contributed by atoms with Crippen molar-refractivity contribution in [3.8, 4) is 5.75 Å². The van der Waals surface area contributed by atoms with E-state index in [0.29, 0.717) is 37.4 Å². The number of nitrogens with zero attached hydrogens (tertiary/aromatic N) is 2. The highest BCUT2D eigenvalue weighted by molar-refractivity contribution is 7.89. The molecule has 1 aromatic carbocycles. The van der Waals surface area contributed by atoms with Crippen molar-refractivity contribution < 1.29 is 17.7 Å². The average molecular weight is 336 g/mol. The number of aromatic nitrogens is 1. The summed E-state index contributed by atoms with van der Waals surface area (Å²) < 4.78 is 37.9. The van der Waals surface area contributed by atoms with Crippen molar-refractivity contribution in [2.24, 2.45) is 0 Å². The first kappa shape index (κ1) is 16.0. The van der Waals surface area contributed by atoms with Gasteiger partial charge in [-0.15, -0.1) is 0 Å². The van der Waals surface area contributed by atoms with Crippen LogP contribution in [0.25, 0.3) is 0 Å². The van der Waals surface area contributed by atoms with Crippen LogP contribution in [0.2, 0.25) is 0 Å². The van der Waals surface area contributed by atoms with Crippen LogP contribution in [0.4, 0.5) is 0 Å². The lowest BCUT2D eigenvalue weighted by molar-refractivity contribution is 0.135. The molecule has 0 saturated carbocycles. The van der Waals surface area contributed by atoms with Gasteiger partial charge in [-0.25, -0.2) is 8.42 Å². The molecule has 0 atom stereocenters. The molecule has 1 aliphatic heterocycles. The molecular weight excluding hydrogens is 316 g/mol. The lowest BCUT2D eigenvalue weighted by Crippen LogP contribution is -2.42. The fraction of sp³-hybridized carbons (Fsp3) is 0.438. The van der Waals surface area contributed by atoms with Crippen LogP contribution >= 0.6 is 0 Å². The minimum atomic E-state index is -3.55. The van der Waals surface area contributed by atoms with Gasteiger partial charge in [-0.2, -0.15) is 4.31 Å². The highest BCUT2D eigenvalue weighted by atomic mass is 32.2. The standard InChI is InChI=1S/C16H20N2O4S/c1-12-16(13(2)22-17-12)23(19,20)18-10-8-15(9-11-18)21-14-6-4-3-5-7-14/h3-7,15H,8-11H2,1-2H3. The molecule has 7 heteroatoms. The van der Waals surface area contributed by atoms with Crippen LogP contribution in [0.15, 0.2) is 39.8 Å². The summed E-state index contributed by atoms with van der Waals surface area (Å²) in [5, 5.41) is 3.74. The van der Waals surface area contributed by atoms with Crippen molar-refractivity contribution in [3.63, 3.8) is 0 Å². The number of benzene rings is 1. The smallest absolute Gasteiger partial charge is 0.248 e. The molecule has 0 N–H and O–H groups in total. The zero-order chi connectivity index (χ0) is 16.4. The Balaban J connectivity index is 1.67. The molecule has 6 nitrogen and oxygen atoms in total. The van der Waals surface area contributed by atoms with Gasteiger partial charge in [0.15, 0.2) is 5.76 Å². The minimum absolute atomic E-state index is 0.0357. The fourth-order valence-electron chi connectivity index (χ4n) is 2.85. The summed E-state index contributed by atoms with van der Waals surface area (Å²) in [5.41, 5.74) is 0.408. The molecule has 2 aromatic rings. The first-order valence-electron chi connectivity index (χ1n) is 7.63. The zero-order valence-corrected chi connectivity index (χ0v) is 14.0. The number of rotatable bonds is 4. The maximum absolute atomic E-state index is 12.7. The molecule has 1 aromatic heterocycles. The topological polar surface area (TPSA) is 72.6 Å². The summed E-state index contributed by atoms with van der Waals surface area (Å²) in [4.78, 5) is 0.194. The molecule has 1 saturated heterocycles. The molecule has 3 rings (SSSR count). The highest BCUT2D eigenvalue weighted by Gasteiger charge is 2.34. The van der Waals surface area contributed by atoms with Crippen LogP contribution in [0, 0.1) is 13.8 Å². The molecule has 0 aliphatic carbocycles. The zero-order valence-electron chi connectivity index (χ0n) is 13.2. The molecular formula is C16H20N2O4S. The summed E-state index contributed by atoms with van der Waals surface area (Å²) in [7, 11) is -3.55. The van der Waals surface area contributed by atoms with Gasteiger partial charge < -0.3 is 9.26 Å². The second-order valence-corrected chi connectivity index (χ2v) is 7.56. The maximum Gasteiger partial charge on any atom is 0.248 e. The normalized spacial score (nSPS) is 17.3. The van der Waals surface area contributed by atoms with Crippen LogP contribution in [0.5, 0.6) is 5.75 Å². The molecule has 0 radical (unpaired) electrons. The number of piperidine rings is 1. The predicted octanol–water partition coefficient (Wildman–Crippen LogP) is 2.52. The van der Waals surface area contributed by atoms with E-state index in [1.54, 1.807) is 13.8 Å². The molecule has 2 heterocycles. The number of hydrogen-bond acceptors (Lipinski definition) is 5. The van der Waals surface area contributed by atoms with Gasteiger partial charge in [-0.1, -0.05) is 23.4 Å². The monoisotopic (exact) mass is 336 g/mol. The second-order valence-electron chi connectivity index (χ2n) is 5.69. The molecule has 1 fully saturated rings. The fourth-order valence-corrected chi connectivity index (χ4v) is 4.61. The summed E-state index contributed by atoms with van der Waals surface area (Å²) in [6, 6.07) is 9.60. The van der Waals surface area contributed by atoms with Crippen LogP contribution in [-0.2, 0) is 10.0 Å². The van der Waals surface area contributed by atoms with Gasteiger partial charge in [0.25, 0.3) is 0 Å². The summed E-state index contributed by atoms with van der Waals surface area (Å²) >= 11 is 0. The van der Waals surface area contributed by atoms with Crippen molar-refractivity contribution in [2.45, 2.75) is 37.7 Å². The van der Waals surface area contributed by atoms with E-state index in [1.807, 2.05) is 30.3 Å². The van der Waals surface area contributed by atoms with E-state index in [0.717, 1.165) is 5.75 Å². The second kappa shape index (κ2) is 6.33. The van der Waals surface area contributed by atoms with E-state index >= 15 is 0 Å². The molecule has 0 bridgehead atoms. The van der Waals surface area contributed by atoms with E-state index in [-0.39, 0.29) is 11.0 Å². The van der Waals surface area contributed by atoms with Crippen molar-refractivity contribution in [1.82, 2.24) is 9.46 Å². The number of hydrogen-bond donors (Lipinski definition) is 0. The number of sulfonamides is 1. The third-order valence-electron chi connectivity index (χ3n) is 4.01. The third-order valence-corrected chi connectivity index (χ3v) is 6.16. The van der Waals surface area contributed by atoms with Gasteiger partial charge in [0.05, 0.1) is 0 Å². The molecule has 1 aliphatic rings. The van der Waals surface area contributed by atoms with Gasteiger partial charge in [0.2, 0.25) is 10.0 Å². The number of aryl methyl sites for hydroxylation is 2. The summed E-state index contributed by atoms with van der Waals surface area (Å²) in [6.45, 7) is 4.14. The van der Waals surface area contributed by atoms with Crippen molar-refractivity contribution in [3.05, 3.63) is 41.8 Å². The first-order valence-corrected chi connectivity index (χ1v) is 9.07. The minimum Gasteiger partial charge on any atom is -0.490 e. The third kappa shape index (κ3) is 3.25. The van der Waals surface area contributed by atoms with Crippen LogP contribution in [0.3, 0.4) is 0 Å². The summed E-state index contributed by atoms with van der Waals surface area (Å²) in [5.74, 6) is 1.16. The molecule has 23 heavy (non-hydrogen) atoms. The average Bonchev–Trinajstić information content (AvgIpc) is 2.88. The van der Waals surface area contributed by atoms with Crippen LogP contribution in [0.1, 0.15) is 24.3 Å². The Morgan fingerprint density at radius 2 is 1.83 bits per heavy atom. The van der Waals surface area contributed by atoms with Gasteiger partial charge >= 0.3 is 0 Å². The number of para-hydroxylation sites is 1. The lowest BCUT2D eigenvalue weighted by atomic mass is 10.1. The van der Waals surface area contributed by atoms with Crippen LogP contribution in [-0.4, -0.2) is 37.1 Å². The van der Waals surface area contributed by atoms with Gasteiger partial charge in [0.1, 0.15) is 22.4 Å². The van der Waals surface area contributed by atoms with Crippen molar-refractivity contribution in [1.29, 1.82) is 0 Å². The first-order chi connectivity index (χ1) is 11.0. The SMILES string of the molecule is Cc1noc(C)c1S(=O)(=O)N1CCC(Oc2ccccc2)CC1. The van der Waals surface area contributed by atoms with Crippen molar-refractivity contribution >= 4 is 10.0 Å². The van der Waals surface area contributed by atoms with E-state index in [4.69, 9.17) is 9.26 Å². The Hall–Kier alpha value is -1.86. The Morgan fingerprint density at radius 3 is 2.39 bits per heavy atom.